The number of anilines is 1. The van der Waals surface area contributed by atoms with E-state index in [0.717, 1.165) is 0 Å². The first-order valence-corrected chi connectivity index (χ1v) is 8.51. The molecule has 22 heavy (non-hydrogen) atoms. The van der Waals surface area contributed by atoms with E-state index in [2.05, 4.69) is 10.0 Å². The van der Waals surface area contributed by atoms with Crippen molar-refractivity contribution in [3.63, 3.8) is 0 Å². The van der Waals surface area contributed by atoms with Crippen LogP contribution in [0.25, 0.3) is 0 Å². The lowest BCUT2D eigenvalue weighted by atomic mass is 10.3. The second-order valence-electron chi connectivity index (χ2n) is 4.71. The highest BCUT2D eigenvalue weighted by atomic mass is 32.2. The molecule has 1 rings (SSSR count). The maximum atomic E-state index is 12.2. The Kier molecular flexibility index (Phi) is 6.63. The molecule has 124 valence electrons. The Hall–Kier alpha value is -1.80. The molecular formula is C14H22N2O5S. The van der Waals surface area contributed by atoms with Gasteiger partial charge in [-0.1, -0.05) is 0 Å². The van der Waals surface area contributed by atoms with Crippen LogP contribution in [0.3, 0.4) is 0 Å². The van der Waals surface area contributed by atoms with Crippen LogP contribution < -0.4 is 14.8 Å². The van der Waals surface area contributed by atoms with E-state index in [4.69, 9.17) is 9.47 Å². The summed E-state index contributed by atoms with van der Waals surface area (Å²) in [5.74, 6) is 0.374. The summed E-state index contributed by atoms with van der Waals surface area (Å²) in [4.78, 5) is 11.6. The summed E-state index contributed by atoms with van der Waals surface area (Å²) in [5, 5.41) is 2.48. The molecule has 0 radical (unpaired) electrons. The molecule has 0 fully saturated rings. The summed E-state index contributed by atoms with van der Waals surface area (Å²) in [6, 6.07) is 4.02. The number of amides is 1. The van der Waals surface area contributed by atoms with Gasteiger partial charge in [-0.05, 0) is 45.9 Å². The fourth-order valence-electron chi connectivity index (χ4n) is 1.71. The monoisotopic (exact) mass is 330 g/mol. The molecule has 2 N–H and O–H groups in total. The highest BCUT2D eigenvalue weighted by Gasteiger charge is 2.18. The summed E-state index contributed by atoms with van der Waals surface area (Å²) in [5.41, 5.74) is 0.243. The molecular weight excluding hydrogens is 308 g/mol. The number of hydrogen-bond acceptors (Lipinski definition) is 5. The highest BCUT2D eigenvalue weighted by Crippen LogP contribution is 2.28. The molecule has 8 heteroatoms. The van der Waals surface area contributed by atoms with Gasteiger partial charge in [-0.25, -0.2) is 17.9 Å². The smallest absolute Gasteiger partial charge is 0.411 e. The van der Waals surface area contributed by atoms with E-state index in [1.807, 2.05) is 0 Å². The average molecular weight is 330 g/mol. The van der Waals surface area contributed by atoms with Gasteiger partial charge in [0.25, 0.3) is 0 Å². The molecule has 7 nitrogen and oxygen atoms in total. The number of sulfonamides is 1. The minimum absolute atomic E-state index is 0.0384. The Labute approximate surface area is 131 Å². The predicted octanol–water partition coefficient (Wildman–Crippen LogP) is 2.34. The summed E-state index contributed by atoms with van der Waals surface area (Å²) >= 11 is 0. The Balaban J connectivity index is 3.15. The second kappa shape index (κ2) is 8.00. The predicted molar refractivity (Wildman–Crippen MR) is 83.7 cm³/mol. The van der Waals surface area contributed by atoms with Crippen LogP contribution in [0.1, 0.15) is 27.7 Å². The SMILES string of the molecule is CCOC(=O)Nc1cc(S(=O)(=O)NC(C)C)ccc1OCC. The van der Waals surface area contributed by atoms with Gasteiger partial charge in [0.1, 0.15) is 5.75 Å². The molecule has 0 aliphatic carbocycles. The Morgan fingerprint density at radius 3 is 2.45 bits per heavy atom. The number of ether oxygens (including phenoxy) is 2. The lowest BCUT2D eigenvalue weighted by Crippen LogP contribution is -2.30. The Morgan fingerprint density at radius 1 is 1.23 bits per heavy atom. The zero-order valence-corrected chi connectivity index (χ0v) is 14.0. The van der Waals surface area contributed by atoms with Crippen molar-refractivity contribution in [2.24, 2.45) is 0 Å². The van der Waals surface area contributed by atoms with Crippen molar-refractivity contribution in [1.82, 2.24) is 4.72 Å². The maximum Gasteiger partial charge on any atom is 0.411 e. The van der Waals surface area contributed by atoms with Crippen LogP contribution in [-0.2, 0) is 14.8 Å². The topological polar surface area (TPSA) is 93.7 Å². The van der Waals surface area contributed by atoms with Gasteiger partial charge in [0.15, 0.2) is 0 Å². The zero-order valence-electron chi connectivity index (χ0n) is 13.2. The summed E-state index contributed by atoms with van der Waals surface area (Å²) in [6.07, 6.45) is -0.671. The Morgan fingerprint density at radius 2 is 1.91 bits per heavy atom. The molecule has 0 unspecified atom stereocenters. The van der Waals surface area contributed by atoms with Crippen LogP contribution in [0.5, 0.6) is 5.75 Å². The second-order valence-corrected chi connectivity index (χ2v) is 6.43. The third kappa shape index (κ3) is 5.19. The molecule has 0 spiro atoms. The van der Waals surface area contributed by atoms with Gasteiger partial charge in [-0.3, -0.25) is 5.32 Å². The van der Waals surface area contributed by atoms with E-state index in [1.54, 1.807) is 27.7 Å². The van der Waals surface area contributed by atoms with Crippen molar-refractivity contribution in [2.75, 3.05) is 18.5 Å². The van der Waals surface area contributed by atoms with Gasteiger partial charge in [0, 0.05) is 6.04 Å². The minimum Gasteiger partial charge on any atom is -0.492 e. The van der Waals surface area contributed by atoms with Gasteiger partial charge in [0.2, 0.25) is 10.0 Å². The third-order valence-electron chi connectivity index (χ3n) is 2.46. The largest absolute Gasteiger partial charge is 0.492 e. The van der Waals surface area contributed by atoms with E-state index in [1.165, 1.54) is 18.2 Å². The van der Waals surface area contributed by atoms with E-state index in [0.29, 0.717) is 12.4 Å². The van der Waals surface area contributed by atoms with E-state index >= 15 is 0 Å². The van der Waals surface area contributed by atoms with Gasteiger partial charge in [0.05, 0.1) is 23.8 Å². The third-order valence-corrected chi connectivity index (χ3v) is 4.12. The molecule has 0 aliphatic heterocycles. The quantitative estimate of drug-likeness (QED) is 0.800. The van der Waals surface area contributed by atoms with Crippen LogP contribution in [-0.4, -0.2) is 33.8 Å². The molecule has 0 heterocycles. The van der Waals surface area contributed by atoms with Gasteiger partial charge >= 0.3 is 6.09 Å². The van der Waals surface area contributed by atoms with Crippen molar-refractivity contribution in [1.29, 1.82) is 0 Å². The fraction of sp³-hybridized carbons (Fsp3) is 0.500. The Bertz CT molecular complexity index is 614. The summed E-state index contributed by atoms with van der Waals surface area (Å²) in [6.45, 7) is 7.51. The van der Waals surface area contributed by atoms with Crippen LogP contribution in [0.15, 0.2) is 23.1 Å². The molecule has 1 aromatic rings. The highest BCUT2D eigenvalue weighted by molar-refractivity contribution is 7.89. The normalized spacial score (nSPS) is 11.3. The summed E-state index contributed by atoms with van der Waals surface area (Å²) in [7, 11) is -3.66. The number of rotatable bonds is 7. The molecule has 0 aliphatic rings. The van der Waals surface area contributed by atoms with Crippen LogP contribution in [0.2, 0.25) is 0 Å². The minimum atomic E-state index is -3.66. The van der Waals surface area contributed by atoms with E-state index < -0.39 is 16.1 Å². The number of benzene rings is 1. The van der Waals surface area contributed by atoms with Crippen LogP contribution in [0.4, 0.5) is 10.5 Å². The standard InChI is InChI=1S/C14H22N2O5S/c1-5-20-13-8-7-11(22(18,19)16-10(3)4)9-12(13)15-14(17)21-6-2/h7-10,16H,5-6H2,1-4H3,(H,15,17). The molecule has 0 aromatic heterocycles. The maximum absolute atomic E-state index is 12.2. The fourth-order valence-corrected chi connectivity index (χ4v) is 2.99. The lowest BCUT2D eigenvalue weighted by molar-refractivity contribution is 0.167. The van der Waals surface area contributed by atoms with Crippen molar-refractivity contribution in [2.45, 2.75) is 38.6 Å². The molecule has 0 saturated carbocycles. The zero-order chi connectivity index (χ0) is 16.8. The summed E-state index contributed by atoms with van der Waals surface area (Å²) < 4.78 is 37.0. The number of hydrogen-bond donors (Lipinski definition) is 2. The first-order valence-electron chi connectivity index (χ1n) is 7.03. The van der Waals surface area contributed by atoms with Crippen molar-refractivity contribution >= 4 is 21.8 Å². The molecule has 0 atom stereocenters. The van der Waals surface area contributed by atoms with Gasteiger partial charge in [-0.2, -0.15) is 0 Å². The van der Waals surface area contributed by atoms with Gasteiger partial charge < -0.3 is 9.47 Å². The number of carbonyl (C=O) groups is 1. The van der Waals surface area contributed by atoms with E-state index in [-0.39, 0.29) is 23.2 Å². The van der Waals surface area contributed by atoms with Gasteiger partial charge in [-0.15, -0.1) is 0 Å². The van der Waals surface area contributed by atoms with Crippen molar-refractivity contribution in [3.05, 3.63) is 18.2 Å². The molecule has 1 amide bonds. The first kappa shape index (κ1) is 18.2. The molecule has 1 aromatic carbocycles. The number of carbonyl (C=O) groups excluding carboxylic acids is 1. The number of nitrogens with one attached hydrogen (secondary N) is 2. The van der Waals surface area contributed by atoms with Crippen molar-refractivity contribution in [3.8, 4) is 5.75 Å². The average Bonchev–Trinajstić information content (AvgIpc) is 2.39. The molecule has 0 bridgehead atoms. The lowest BCUT2D eigenvalue weighted by Gasteiger charge is -2.14. The first-order chi connectivity index (χ1) is 10.3. The van der Waals surface area contributed by atoms with Crippen LogP contribution >= 0.6 is 0 Å². The van der Waals surface area contributed by atoms with Crippen LogP contribution in [0, 0.1) is 0 Å². The van der Waals surface area contributed by atoms with Crippen molar-refractivity contribution < 1.29 is 22.7 Å². The molecule has 0 saturated heterocycles. The van der Waals surface area contributed by atoms with E-state index in [9.17, 15) is 13.2 Å².